The van der Waals surface area contributed by atoms with Crippen LogP contribution < -0.4 is 5.32 Å². The lowest BCUT2D eigenvalue weighted by atomic mass is 10.3. The van der Waals surface area contributed by atoms with Crippen LogP contribution >= 0.6 is 0 Å². The number of carbonyl (C=O) groups is 1. The van der Waals surface area contributed by atoms with Gasteiger partial charge >= 0.3 is 0 Å². The molecule has 6 nitrogen and oxygen atoms in total. The van der Waals surface area contributed by atoms with Gasteiger partial charge in [-0.25, -0.2) is 14.6 Å². The number of nitrogens with zero attached hydrogens (tertiary/aromatic N) is 4. The Hall–Kier alpha value is -2.31. The van der Waals surface area contributed by atoms with E-state index in [2.05, 4.69) is 20.4 Å². The molecule has 0 aliphatic heterocycles. The minimum Gasteiger partial charge on any atom is -0.323 e. The van der Waals surface area contributed by atoms with E-state index in [4.69, 9.17) is 0 Å². The number of rotatable bonds is 3. The third kappa shape index (κ3) is 2.63. The number of pyridine rings is 1. The first-order valence-electron chi connectivity index (χ1n) is 4.93. The summed E-state index contributed by atoms with van der Waals surface area (Å²) in [6.07, 6.45) is 4.05. The van der Waals surface area contributed by atoms with Gasteiger partial charge in [0.15, 0.2) is 0 Å². The molecule has 1 unspecified atom stereocenters. The van der Waals surface area contributed by atoms with Crippen LogP contribution in [-0.2, 0) is 4.79 Å². The molecule has 0 fully saturated rings. The van der Waals surface area contributed by atoms with E-state index in [0.717, 1.165) is 0 Å². The molecule has 1 N–H and O–H groups in total. The molecule has 1 amide bonds. The molecule has 0 aromatic carbocycles. The zero-order valence-corrected chi connectivity index (χ0v) is 9.04. The standard InChI is InChI=1S/C10H10FN5O/c1-7(16-6-12-5-14-16)10(17)15-8-2-3-9(11)13-4-8/h2-7H,1H3,(H,15,17). The summed E-state index contributed by atoms with van der Waals surface area (Å²) in [6.45, 7) is 1.68. The minimum atomic E-state index is -0.590. The van der Waals surface area contributed by atoms with Crippen molar-refractivity contribution in [1.82, 2.24) is 19.7 Å². The third-order valence-electron chi connectivity index (χ3n) is 2.21. The maximum Gasteiger partial charge on any atom is 0.249 e. The number of hydrogen-bond donors (Lipinski definition) is 1. The van der Waals surface area contributed by atoms with Gasteiger partial charge in [0.05, 0.1) is 11.9 Å². The third-order valence-corrected chi connectivity index (χ3v) is 2.21. The number of aromatic nitrogens is 4. The molecule has 88 valence electrons. The van der Waals surface area contributed by atoms with Gasteiger partial charge in [0.25, 0.3) is 0 Å². The lowest BCUT2D eigenvalue weighted by molar-refractivity contribution is -0.119. The van der Waals surface area contributed by atoms with E-state index in [-0.39, 0.29) is 5.91 Å². The summed E-state index contributed by atoms with van der Waals surface area (Å²) in [7, 11) is 0. The van der Waals surface area contributed by atoms with Gasteiger partial charge in [-0.05, 0) is 19.1 Å². The normalized spacial score (nSPS) is 12.1. The van der Waals surface area contributed by atoms with Gasteiger partial charge in [0.1, 0.15) is 18.7 Å². The van der Waals surface area contributed by atoms with Crippen LogP contribution in [0.2, 0.25) is 0 Å². The molecule has 2 rings (SSSR count). The largest absolute Gasteiger partial charge is 0.323 e. The van der Waals surface area contributed by atoms with Gasteiger partial charge in [-0.1, -0.05) is 0 Å². The maximum atomic E-state index is 12.6. The van der Waals surface area contributed by atoms with Crippen molar-refractivity contribution in [2.45, 2.75) is 13.0 Å². The quantitative estimate of drug-likeness (QED) is 0.806. The summed E-state index contributed by atoms with van der Waals surface area (Å²) in [5, 5.41) is 6.46. The van der Waals surface area contributed by atoms with E-state index in [1.807, 2.05) is 0 Å². The molecule has 1 atom stereocenters. The van der Waals surface area contributed by atoms with E-state index < -0.39 is 12.0 Å². The lowest BCUT2D eigenvalue weighted by Crippen LogP contribution is -2.24. The molecule has 0 aliphatic rings. The van der Waals surface area contributed by atoms with Crippen LogP contribution in [0.4, 0.5) is 10.1 Å². The van der Waals surface area contributed by atoms with Crippen LogP contribution in [0.5, 0.6) is 0 Å². The average Bonchev–Trinajstić information content (AvgIpc) is 2.84. The van der Waals surface area contributed by atoms with Gasteiger partial charge in [-0.3, -0.25) is 4.79 Å². The van der Waals surface area contributed by atoms with Crippen molar-refractivity contribution < 1.29 is 9.18 Å². The SMILES string of the molecule is CC(C(=O)Nc1ccc(F)nc1)n1cncn1. The summed E-state index contributed by atoms with van der Waals surface area (Å²) in [4.78, 5) is 19.0. The molecule has 0 saturated carbocycles. The van der Waals surface area contributed by atoms with Gasteiger partial charge in [-0.2, -0.15) is 9.49 Å². The summed E-state index contributed by atoms with van der Waals surface area (Å²) >= 11 is 0. The van der Waals surface area contributed by atoms with Crippen LogP contribution in [0.1, 0.15) is 13.0 Å². The van der Waals surface area contributed by atoms with E-state index in [9.17, 15) is 9.18 Å². The highest BCUT2D eigenvalue weighted by Gasteiger charge is 2.15. The van der Waals surface area contributed by atoms with Crippen molar-refractivity contribution in [1.29, 1.82) is 0 Å². The fourth-order valence-corrected chi connectivity index (χ4v) is 1.23. The predicted molar refractivity (Wildman–Crippen MR) is 57.6 cm³/mol. The summed E-state index contributed by atoms with van der Waals surface area (Å²) in [5.74, 6) is -0.865. The molecule has 0 bridgehead atoms. The minimum absolute atomic E-state index is 0.274. The average molecular weight is 235 g/mol. The molecule has 0 aliphatic carbocycles. The zero-order valence-electron chi connectivity index (χ0n) is 9.04. The summed E-state index contributed by atoms with van der Waals surface area (Å²) in [5.41, 5.74) is 0.434. The van der Waals surface area contributed by atoms with Crippen molar-refractivity contribution in [3.63, 3.8) is 0 Å². The second-order valence-corrected chi connectivity index (χ2v) is 3.41. The molecule has 0 saturated heterocycles. The second kappa shape index (κ2) is 4.69. The van der Waals surface area contributed by atoms with Crippen LogP contribution in [0.25, 0.3) is 0 Å². The Morgan fingerprint density at radius 3 is 2.94 bits per heavy atom. The summed E-state index contributed by atoms with van der Waals surface area (Å²) < 4.78 is 14.0. The molecule has 2 aromatic heterocycles. The van der Waals surface area contributed by atoms with E-state index in [1.54, 1.807) is 6.92 Å². The van der Waals surface area contributed by atoms with E-state index in [0.29, 0.717) is 5.69 Å². The van der Waals surface area contributed by atoms with Crippen molar-refractivity contribution in [2.24, 2.45) is 0 Å². The molecule has 0 spiro atoms. The Balaban J connectivity index is 2.04. The molecule has 17 heavy (non-hydrogen) atoms. The molecule has 2 aromatic rings. The molecule has 2 heterocycles. The molecule has 0 radical (unpaired) electrons. The number of amides is 1. The number of anilines is 1. The highest BCUT2D eigenvalue weighted by Crippen LogP contribution is 2.09. The van der Waals surface area contributed by atoms with Gasteiger partial charge in [-0.15, -0.1) is 0 Å². The van der Waals surface area contributed by atoms with Crippen LogP contribution in [-0.4, -0.2) is 25.7 Å². The van der Waals surface area contributed by atoms with Crippen molar-refractivity contribution in [3.8, 4) is 0 Å². The lowest BCUT2D eigenvalue weighted by Gasteiger charge is -2.11. The maximum absolute atomic E-state index is 12.6. The van der Waals surface area contributed by atoms with Crippen LogP contribution in [0.15, 0.2) is 31.0 Å². The number of carbonyl (C=O) groups excluding carboxylic acids is 1. The molecular weight excluding hydrogens is 225 g/mol. The van der Waals surface area contributed by atoms with Gasteiger partial charge < -0.3 is 5.32 Å². The smallest absolute Gasteiger partial charge is 0.249 e. The van der Waals surface area contributed by atoms with Gasteiger partial charge in [0, 0.05) is 0 Å². The van der Waals surface area contributed by atoms with Crippen molar-refractivity contribution in [2.75, 3.05) is 5.32 Å². The molecular formula is C10H10FN5O. The first-order valence-corrected chi connectivity index (χ1v) is 4.93. The Bertz CT molecular complexity index is 496. The Morgan fingerprint density at radius 1 is 1.53 bits per heavy atom. The first kappa shape index (κ1) is 11.2. The number of nitrogens with one attached hydrogen (secondary N) is 1. The summed E-state index contributed by atoms with van der Waals surface area (Å²) in [6, 6.07) is 2.12. The molecule has 7 heteroatoms. The van der Waals surface area contributed by atoms with Crippen LogP contribution in [0.3, 0.4) is 0 Å². The topological polar surface area (TPSA) is 72.7 Å². The van der Waals surface area contributed by atoms with Crippen molar-refractivity contribution >= 4 is 11.6 Å². The van der Waals surface area contributed by atoms with E-state index in [1.165, 1.54) is 35.7 Å². The monoisotopic (exact) mass is 235 g/mol. The zero-order chi connectivity index (χ0) is 12.3. The van der Waals surface area contributed by atoms with Gasteiger partial charge in [0.2, 0.25) is 11.9 Å². The fraction of sp³-hybridized carbons (Fsp3) is 0.200. The van der Waals surface area contributed by atoms with E-state index >= 15 is 0 Å². The Kier molecular flexibility index (Phi) is 3.08. The number of halogens is 1. The highest BCUT2D eigenvalue weighted by molar-refractivity contribution is 5.93. The number of hydrogen-bond acceptors (Lipinski definition) is 4. The Morgan fingerprint density at radius 2 is 2.35 bits per heavy atom. The second-order valence-electron chi connectivity index (χ2n) is 3.41. The Labute approximate surface area is 96.5 Å². The predicted octanol–water partition coefficient (Wildman–Crippen LogP) is 1.01. The first-order chi connectivity index (χ1) is 8.16. The highest BCUT2D eigenvalue weighted by atomic mass is 19.1. The van der Waals surface area contributed by atoms with Crippen LogP contribution in [0, 0.1) is 5.95 Å². The fourth-order valence-electron chi connectivity index (χ4n) is 1.23. The van der Waals surface area contributed by atoms with Crippen molar-refractivity contribution in [3.05, 3.63) is 36.9 Å².